The molecule has 2 N–H and O–H groups in total. The summed E-state index contributed by atoms with van der Waals surface area (Å²) in [7, 11) is 0. The highest BCUT2D eigenvalue weighted by Gasteiger charge is 2.45. The third-order valence-electron chi connectivity index (χ3n) is 6.21. The van der Waals surface area contributed by atoms with Crippen LogP contribution in [0.5, 0.6) is 0 Å². The fraction of sp³-hybridized carbons (Fsp3) is 0.700. The van der Waals surface area contributed by atoms with E-state index >= 15 is 0 Å². The minimum Gasteiger partial charge on any atom is -0.327 e. The Labute approximate surface area is 130 Å². The maximum Gasteiger partial charge on any atom is 0.0165 e. The summed E-state index contributed by atoms with van der Waals surface area (Å²) < 4.78 is 0. The van der Waals surface area contributed by atoms with Gasteiger partial charge in [-0.3, -0.25) is 0 Å². The second-order valence-corrected chi connectivity index (χ2v) is 7.93. The fourth-order valence-electron chi connectivity index (χ4n) is 5.34. The first-order chi connectivity index (χ1) is 10.1. The Morgan fingerprint density at radius 2 is 1.52 bits per heavy atom. The van der Waals surface area contributed by atoms with Crippen LogP contribution in [-0.4, -0.2) is 6.04 Å². The topological polar surface area (TPSA) is 26.0 Å². The predicted molar refractivity (Wildman–Crippen MR) is 90.2 cm³/mol. The average molecular weight is 285 g/mol. The Hall–Kier alpha value is -0.820. The van der Waals surface area contributed by atoms with E-state index in [4.69, 9.17) is 5.73 Å². The van der Waals surface area contributed by atoms with Crippen LogP contribution in [-0.2, 0) is 5.41 Å². The van der Waals surface area contributed by atoms with E-state index in [1.807, 2.05) is 0 Å². The molecule has 0 saturated heterocycles. The average Bonchev–Trinajstić information content (AvgIpc) is 2.97. The molecule has 2 saturated carbocycles. The van der Waals surface area contributed by atoms with Crippen LogP contribution in [0.25, 0.3) is 0 Å². The highest BCUT2D eigenvalue weighted by molar-refractivity contribution is 5.29. The van der Waals surface area contributed by atoms with Gasteiger partial charge in [-0.25, -0.2) is 0 Å². The van der Waals surface area contributed by atoms with Crippen molar-refractivity contribution in [3.63, 3.8) is 0 Å². The van der Waals surface area contributed by atoms with Gasteiger partial charge < -0.3 is 5.73 Å². The number of rotatable bonds is 3. The van der Waals surface area contributed by atoms with Crippen LogP contribution in [0.3, 0.4) is 0 Å². The van der Waals surface area contributed by atoms with Gasteiger partial charge in [0.1, 0.15) is 0 Å². The summed E-state index contributed by atoms with van der Waals surface area (Å²) in [5.74, 6) is 2.40. The van der Waals surface area contributed by atoms with Gasteiger partial charge in [0, 0.05) is 11.5 Å². The van der Waals surface area contributed by atoms with Gasteiger partial charge >= 0.3 is 0 Å². The lowest BCUT2D eigenvalue weighted by molar-refractivity contribution is 0.149. The molecule has 21 heavy (non-hydrogen) atoms. The van der Waals surface area contributed by atoms with Gasteiger partial charge in [0.2, 0.25) is 0 Å². The van der Waals surface area contributed by atoms with E-state index in [0.29, 0.717) is 12.0 Å². The fourth-order valence-corrected chi connectivity index (χ4v) is 5.34. The molecule has 1 aromatic rings. The van der Waals surface area contributed by atoms with E-state index in [1.165, 1.54) is 50.5 Å². The van der Waals surface area contributed by atoms with Crippen molar-refractivity contribution < 1.29 is 0 Å². The standard InChI is InChI=1S/C20H31N/c1-15-12-16(2)14-17(13-15)19(21)20(10-6-7-11-20)18-8-4-3-5-9-18/h3-5,8-9,15-17,19H,6-7,10-14,21H2,1-2H3. The Morgan fingerprint density at radius 1 is 0.952 bits per heavy atom. The predicted octanol–water partition coefficient (Wildman–Crippen LogP) is 4.90. The summed E-state index contributed by atoms with van der Waals surface area (Å²) in [4.78, 5) is 0. The Morgan fingerprint density at radius 3 is 2.10 bits per heavy atom. The first-order valence-electron chi connectivity index (χ1n) is 8.93. The molecule has 1 heteroatoms. The summed E-state index contributed by atoms with van der Waals surface area (Å²) >= 11 is 0. The first-order valence-corrected chi connectivity index (χ1v) is 8.93. The monoisotopic (exact) mass is 285 g/mol. The van der Waals surface area contributed by atoms with E-state index in [1.54, 1.807) is 0 Å². The molecule has 2 fully saturated rings. The van der Waals surface area contributed by atoms with Crippen molar-refractivity contribution in [2.24, 2.45) is 23.5 Å². The third kappa shape index (κ3) is 2.90. The van der Waals surface area contributed by atoms with Crippen LogP contribution in [0.15, 0.2) is 30.3 Å². The van der Waals surface area contributed by atoms with Crippen molar-refractivity contribution in [2.45, 2.75) is 70.3 Å². The van der Waals surface area contributed by atoms with Crippen molar-refractivity contribution in [1.29, 1.82) is 0 Å². The van der Waals surface area contributed by atoms with Gasteiger partial charge in [0.15, 0.2) is 0 Å². The second kappa shape index (κ2) is 6.12. The number of hydrogen-bond acceptors (Lipinski definition) is 1. The summed E-state index contributed by atoms with van der Waals surface area (Å²) in [6.45, 7) is 4.83. The zero-order chi connectivity index (χ0) is 14.9. The molecule has 0 bridgehead atoms. The largest absolute Gasteiger partial charge is 0.327 e. The van der Waals surface area contributed by atoms with Crippen LogP contribution in [0.1, 0.15) is 64.4 Å². The molecular weight excluding hydrogens is 254 g/mol. The molecule has 0 heterocycles. The van der Waals surface area contributed by atoms with Gasteiger partial charge in [-0.05, 0) is 55.4 Å². The van der Waals surface area contributed by atoms with Gasteiger partial charge in [-0.1, -0.05) is 57.0 Å². The third-order valence-corrected chi connectivity index (χ3v) is 6.21. The summed E-state index contributed by atoms with van der Waals surface area (Å²) in [5.41, 5.74) is 8.70. The first kappa shape index (κ1) is 15.1. The van der Waals surface area contributed by atoms with E-state index in [9.17, 15) is 0 Å². The molecule has 1 nitrogen and oxygen atoms in total. The molecule has 0 amide bonds. The highest BCUT2D eigenvalue weighted by atomic mass is 14.7. The summed E-state index contributed by atoms with van der Waals surface area (Å²) in [5, 5.41) is 0. The van der Waals surface area contributed by atoms with Crippen LogP contribution in [0, 0.1) is 17.8 Å². The lowest BCUT2D eigenvalue weighted by Gasteiger charge is -2.44. The quantitative estimate of drug-likeness (QED) is 0.840. The van der Waals surface area contributed by atoms with Gasteiger partial charge in [-0.15, -0.1) is 0 Å². The Balaban J connectivity index is 1.87. The molecule has 0 radical (unpaired) electrons. The molecule has 0 aliphatic heterocycles. The van der Waals surface area contributed by atoms with Crippen LogP contribution in [0.2, 0.25) is 0 Å². The van der Waals surface area contributed by atoms with Gasteiger partial charge in [0.05, 0.1) is 0 Å². The molecule has 3 unspecified atom stereocenters. The maximum absolute atomic E-state index is 6.95. The zero-order valence-corrected chi connectivity index (χ0v) is 13.7. The van der Waals surface area contributed by atoms with Gasteiger partial charge in [0.25, 0.3) is 0 Å². The van der Waals surface area contributed by atoms with E-state index in [2.05, 4.69) is 44.2 Å². The lowest BCUT2D eigenvalue weighted by Crippen LogP contribution is -2.50. The van der Waals surface area contributed by atoms with Crippen molar-refractivity contribution in [2.75, 3.05) is 0 Å². The van der Waals surface area contributed by atoms with Crippen LogP contribution >= 0.6 is 0 Å². The molecule has 2 aliphatic rings. The van der Waals surface area contributed by atoms with E-state index in [-0.39, 0.29) is 5.41 Å². The van der Waals surface area contributed by atoms with Crippen LogP contribution in [0.4, 0.5) is 0 Å². The second-order valence-electron chi connectivity index (χ2n) is 7.93. The molecule has 1 aromatic carbocycles. The highest BCUT2D eigenvalue weighted by Crippen LogP contribution is 2.48. The minimum atomic E-state index is 0.253. The SMILES string of the molecule is CC1CC(C)CC(C(N)C2(c3ccccc3)CCCC2)C1. The number of benzene rings is 1. The Kier molecular flexibility index (Phi) is 4.40. The van der Waals surface area contributed by atoms with Crippen LogP contribution < -0.4 is 5.73 Å². The summed E-state index contributed by atoms with van der Waals surface area (Å²) in [6, 6.07) is 11.5. The van der Waals surface area contributed by atoms with Crippen molar-refractivity contribution in [3.05, 3.63) is 35.9 Å². The molecule has 116 valence electrons. The van der Waals surface area contributed by atoms with Crippen molar-refractivity contribution >= 4 is 0 Å². The van der Waals surface area contributed by atoms with E-state index < -0.39 is 0 Å². The minimum absolute atomic E-state index is 0.253. The molecular formula is C20H31N. The Bertz CT molecular complexity index is 436. The molecule has 0 aromatic heterocycles. The lowest BCUT2D eigenvalue weighted by atomic mass is 9.63. The maximum atomic E-state index is 6.95. The van der Waals surface area contributed by atoms with Crippen molar-refractivity contribution in [1.82, 2.24) is 0 Å². The smallest absolute Gasteiger partial charge is 0.0165 e. The molecule has 3 atom stereocenters. The molecule has 3 rings (SSSR count). The molecule has 0 spiro atoms. The van der Waals surface area contributed by atoms with E-state index in [0.717, 1.165) is 11.8 Å². The van der Waals surface area contributed by atoms with Gasteiger partial charge in [-0.2, -0.15) is 0 Å². The number of nitrogens with two attached hydrogens (primary N) is 1. The van der Waals surface area contributed by atoms with Crippen molar-refractivity contribution in [3.8, 4) is 0 Å². The summed E-state index contributed by atoms with van der Waals surface area (Å²) in [6.07, 6.45) is 9.33. The number of hydrogen-bond donors (Lipinski definition) is 1. The normalized spacial score (nSPS) is 33.8. The molecule has 2 aliphatic carbocycles. The zero-order valence-electron chi connectivity index (χ0n) is 13.7.